The summed E-state index contributed by atoms with van der Waals surface area (Å²) in [5.74, 6) is -0.839. The number of alkyl halides is 2. The monoisotopic (exact) mass is 796 g/mol. The summed E-state index contributed by atoms with van der Waals surface area (Å²) in [6.45, 7) is 18.2. The van der Waals surface area contributed by atoms with E-state index in [4.69, 9.17) is 14.2 Å². The molecule has 0 spiro atoms. The number of amides is 1. The Morgan fingerprint density at radius 3 is 2.22 bits per heavy atom. The van der Waals surface area contributed by atoms with E-state index in [2.05, 4.69) is 39.9 Å². The number of nitrogens with zero attached hydrogens (tertiary/aromatic N) is 5. The molecule has 1 amide bonds. The van der Waals surface area contributed by atoms with Crippen LogP contribution in [0.4, 0.5) is 13.6 Å². The maximum atomic E-state index is 16.0. The molecule has 0 radical (unpaired) electrons. The lowest BCUT2D eigenvalue weighted by atomic mass is 9.91. The van der Waals surface area contributed by atoms with Crippen molar-refractivity contribution in [1.82, 2.24) is 29.8 Å². The lowest BCUT2D eigenvalue weighted by molar-refractivity contribution is -0.271. The number of aryl methyl sites for hydroxylation is 5. The fraction of sp³-hybridized carbons (Fsp3) is 0.500. The standard InChI is InChI=1S/C46H58F2N6O4/c1-30-25-32(3)53-40(30)39(41-31(2)26-33(4)54(41)46(53,47)48)37-20-18-36(19-21-37)38-27-52(51-50-38)24-12-10-11-13-34-14-16-35(17-15-34)22-23-45(28-56-44(8,9)57-29-45)49-42(55)58-43(5,6)7/h14-21,25-27,30H,10-13,22-24,28-29H2,1-9H3,(H,49,55). The Balaban J connectivity index is 0.907. The van der Waals surface area contributed by atoms with Crippen LogP contribution in [0.2, 0.25) is 0 Å². The van der Waals surface area contributed by atoms with Gasteiger partial charge in [-0.2, -0.15) is 8.78 Å². The molecule has 10 nitrogen and oxygen atoms in total. The molecule has 0 aliphatic carbocycles. The summed E-state index contributed by atoms with van der Waals surface area (Å²) in [5, 5.41) is 11.9. The molecule has 12 heteroatoms. The van der Waals surface area contributed by atoms with Crippen LogP contribution in [0.3, 0.4) is 0 Å². The van der Waals surface area contributed by atoms with Crippen LogP contribution in [0.15, 0.2) is 78.3 Å². The Labute approximate surface area is 341 Å². The van der Waals surface area contributed by atoms with Gasteiger partial charge in [-0.3, -0.25) is 14.1 Å². The number of hydrogen-bond donors (Lipinski definition) is 1. The van der Waals surface area contributed by atoms with E-state index in [1.54, 1.807) is 13.8 Å². The fourth-order valence-corrected chi connectivity index (χ4v) is 8.46. The largest absolute Gasteiger partial charge is 0.444 e. The van der Waals surface area contributed by atoms with E-state index in [0.29, 0.717) is 42.4 Å². The zero-order chi connectivity index (χ0) is 41.6. The topological polar surface area (TPSA) is 95.7 Å². The van der Waals surface area contributed by atoms with E-state index in [0.717, 1.165) is 66.6 Å². The highest BCUT2D eigenvalue weighted by molar-refractivity contribution is 5.85. The Kier molecular flexibility index (Phi) is 11.2. The number of halogens is 2. The Bertz CT molecular complexity index is 2180. The van der Waals surface area contributed by atoms with Crippen molar-refractivity contribution in [3.8, 4) is 11.3 Å². The molecule has 0 bridgehead atoms. The molecular weight excluding hydrogens is 739 g/mol. The van der Waals surface area contributed by atoms with Crippen LogP contribution in [0.25, 0.3) is 16.8 Å². The molecular formula is C46H58F2N6O4. The van der Waals surface area contributed by atoms with Crippen LogP contribution in [0, 0.1) is 19.8 Å². The number of carbonyl (C=O) groups excluding carboxylic acids is 1. The van der Waals surface area contributed by atoms with Crippen molar-refractivity contribution in [2.24, 2.45) is 5.92 Å². The zero-order valence-corrected chi connectivity index (χ0v) is 35.4. The number of carbonyl (C=O) groups is 1. The van der Waals surface area contributed by atoms with Crippen molar-refractivity contribution in [2.45, 2.75) is 130 Å². The van der Waals surface area contributed by atoms with Gasteiger partial charge in [0.1, 0.15) is 11.3 Å². The second-order valence-electron chi connectivity index (χ2n) is 17.8. The van der Waals surface area contributed by atoms with E-state index < -0.39 is 29.2 Å². The first-order valence-corrected chi connectivity index (χ1v) is 20.5. The van der Waals surface area contributed by atoms with Gasteiger partial charge in [0.05, 0.1) is 30.6 Å². The van der Waals surface area contributed by atoms with E-state index in [-0.39, 0.29) is 5.92 Å². The second kappa shape index (κ2) is 15.7. The highest BCUT2D eigenvalue weighted by Crippen LogP contribution is 2.52. The van der Waals surface area contributed by atoms with Gasteiger partial charge in [-0.1, -0.05) is 73.2 Å². The van der Waals surface area contributed by atoms with E-state index >= 15 is 8.78 Å². The Morgan fingerprint density at radius 2 is 1.57 bits per heavy atom. The fourth-order valence-electron chi connectivity index (χ4n) is 8.46. The number of aromatic nitrogens is 4. The maximum absolute atomic E-state index is 16.0. The third-order valence-corrected chi connectivity index (χ3v) is 11.4. The number of hydrogen-bond acceptors (Lipinski definition) is 7. The van der Waals surface area contributed by atoms with Gasteiger partial charge in [0.15, 0.2) is 5.79 Å². The van der Waals surface area contributed by atoms with Gasteiger partial charge < -0.3 is 19.5 Å². The smallest absolute Gasteiger partial charge is 0.422 e. The van der Waals surface area contributed by atoms with Gasteiger partial charge in [-0.15, -0.1) is 5.10 Å². The zero-order valence-electron chi connectivity index (χ0n) is 35.4. The number of rotatable bonds is 12. The molecule has 3 aliphatic rings. The summed E-state index contributed by atoms with van der Waals surface area (Å²) in [6, 6.07) is 18.6. The molecule has 5 heterocycles. The number of allylic oxidation sites excluding steroid dienone is 2. The van der Waals surface area contributed by atoms with E-state index in [1.807, 2.05) is 95.8 Å². The lowest BCUT2D eigenvalue weighted by Gasteiger charge is -2.44. The first kappa shape index (κ1) is 41.4. The van der Waals surface area contributed by atoms with Crippen molar-refractivity contribution in [1.29, 1.82) is 0 Å². The molecule has 2 aromatic carbocycles. The number of benzene rings is 2. The normalized spacial score (nSPS) is 19.5. The summed E-state index contributed by atoms with van der Waals surface area (Å²) < 4.78 is 52.5. The van der Waals surface area contributed by atoms with Crippen molar-refractivity contribution in [3.05, 3.63) is 112 Å². The minimum Gasteiger partial charge on any atom is -0.444 e. The van der Waals surface area contributed by atoms with E-state index in [9.17, 15) is 4.79 Å². The minimum absolute atomic E-state index is 0.142. The molecule has 1 unspecified atom stereocenters. The summed E-state index contributed by atoms with van der Waals surface area (Å²) >= 11 is 0. The van der Waals surface area contributed by atoms with Crippen molar-refractivity contribution >= 4 is 11.7 Å². The number of nitrogens with one attached hydrogen (secondary N) is 1. The van der Waals surface area contributed by atoms with Crippen LogP contribution >= 0.6 is 0 Å². The molecule has 4 aromatic rings. The maximum Gasteiger partial charge on any atom is 0.422 e. The van der Waals surface area contributed by atoms with Crippen molar-refractivity contribution in [2.75, 3.05) is 13.2 Å². The van der Waals surface area contributed by atoms with Gasteiger partial charge in [0.2, 0.25) is 0 Å². The molecule has 310 valence electrons. The molecule has 1 saturated heterocycles. The quantitative estimate of drug-likeness (QED) is 0.113. The number of ether oxygens (including phenoxy) is 3. The van der Waals surface area contributed by atoms with Crippen LogP contribution in [0.1, 0.15) is 108 Å². The highest BCUT2D eigenvalue weighted by Gasteiger charge is 2.52. The van der Waals surface area contributed by atoms with Crippen molar-refractivity contribution in [3.63, 3.8) is 0 Å². The molecule has 1 atom stereocenters. The first-order chi connectivity index (χ1) is 27.3. The van der Waals surface area contributed by atoms with Crippen molar-refractivity contribution < 1.29 is 27.8 Å². The van der Waals surface area contributed by atoms with Gasteiger partial charge in [-0.05, 0) is 116 Å². The number of fused-ring (bicyclic) bond motifs is 2. The van der Waals surface area contributed by atoms with E-state index in [1.165, 1.54) is 20.6 Å². The number of alkyl carbamates (subject to hydrolysis) is 1. The van der Waals surface area contributed by atoms with Gasteiger partial charge in [0.25, 0.3) is 0 Å². The minimum atomic E-state index is -3.18. The Hall–Kier alpha value is -4.81. The average molecular weight is 797 g/mol. The second-order valence-corrected chi connectivity index (χ2v) is 17.8. The van der Waals surface area contributed by atoms with Gasteiger partial charge in [0, 0.05) is 40.7 Å². The third kappa shape index (κ3) is 8.64. The molecule has 3 aliphatic heterocycles. The number of unbranched alkanes of at least 4 members (excludes halogenated alkanes) is 2. The lowest BCUT2D eigenvalue weighted by Crippen LogP contribution is -2.61. The van der Waals surface area contributed by atoms with Crippen LogP contribution < -0.4 is 5.32 Å². The van der Waals surface area contributed by atoms with Crippen LogP contribution in [0.5, 0.6) is 0 Å². The van der Waals surface area contributed by atoms with Gasteiger partial charge >= 0.3 is 12.3 Å². The molecule has 1 N–H and O–H groups in total. The van der Waals surface area contributed by atoms with Crippen LogP contribution in [-0.2, 0) is 39.8 Å². The molecule has 0 saturated carbocycles. The third-order valence-electron chi connectivity index (χ3n) is 11.4. The summed E-state index contributed by atoms with van der Waals surface area (Å²) in [5.41, 5.74) is 7.80. The predicted molar refractivity (Wildman–Crippen MR) is 221 cm³/mol. The highest BCUT2D eigenvalue weighted by atomic mass is 19.3. The Morgan fingerprint density at radius 1 is 0.931 bits per heavy atom. The van der Waals surface area contributed by atoms with Crippen LogP contribution in [-0.4, -0.2) is 60.7 Å². The molecule has 1 fully saturated rings. The predicted octanol–water partition coefficient (Wildman–Crippen LogP) is 9.89. The van der Waals surface area contributed by atoms with Gasteiger partial charge in [-0.25, -0.2) is 4.79 Å². The molecule has 58 heavy (non-hydrogen) atoms. The first-order valence-electron chi connectivity index (χ1n) is 20.5. The average Bonchev–Trinajstić information content (AvgIpc) is 3.84. The summed E-state index contributed by atoms with van der Waals surface area (Å²) in [7, 11) is 0. The molecule has 7 rings (SSSR count). The summed E-state index contributed by atoms with van der Waals surface area (Å²) in [4.78, 5) is 13.9. The SMILES string of the molecule is CC1=CC(C)C2=C(c3ccc(-c4cn(CCCCCc5ccc(CCC6(NC(=O)OC(C)(C)C)COC(C)(C)OC6)cc5)nn4)cc3)c3c(C)cc(C)n3C(F)(F)N12. The summed E-state index contributed by atoms with van der Waals surface area (Å²) in [6.07, 6.45) is 5.75. The molecule has 2 aromatic heterocycles.